The van der Waals surface area contributed by atoms with Gasteiger partial charge >= 0.3 is 0 Å². The van der Waals surface area contributed by atoms with Gasteiger partial charge in [0.15, 0.2) is 11.6 Å². The summed E-state index contributed by atoms with van der Waals surface area (Å²) >= 11 is 0. The van der Waals surface area contributed by atoms with Crippen LogP contribution in [-0.4, -0.2) is 7.11 Å². The van der Waals surface area contributed by atoms with Crippen molar-refractivity contribution < 1.29 is 9.13 Å². The third kappa shape index (κ3) is 1.78. The molecule has 0 spiro atoms. The monoisotopic (exact) mass is 179 g/mol. The lowest BCUT2D eigenvalue weighted by Crippen LogP contribution is -1.94. The van der Waals surface area contributed by atoms with E-state index in [1.165, 1.54) is 13.2 Å². The number of hydrogen-bond donors (Lipinski definition) is 0. The Hall–Kier alpha value is -1.56. The number of ether oxygens (including phenoxy) is 1. The summed E-state index contributed by atoms with van der Waals surface area (Å²) in [6.45, 7) is 1.94. The third-order valence-electron chi connectivity index (χ3n) is 1.85. The molecule has 0 aliphatic rings. The molecule has 0 atom stereocenters. The number of rotatable bonds is 2. The molecule has 0 aliphatic heterocycles. The highest BCUT2D eigenvalue weighted by Crippen LogP contribution is 2.22. The number of methoxy groups -OCH3 is 1. The summed E-state index contributed by atoms with van der Waals surface area (Å²) in [4.78, 5) is 0. The molecule has 1 rings (SSSR count). The van der Waals surface area contributed by atoms with Gasteiger partial charge in [0.2, 0.25) is 0 Å². The number of nitrogens with zero attached hydrogens (tertiary/aromatic N) is 1. The van der Waals surface area contributed by atoms with Crippen LogP contribution in [0.1, 0.15) is 18.1 Å². The van der Waals surface area contributed by atoms with Crippen molar-refractivity contribution in [3.05, 3.63) is 29.1 Å². The summed E-state index contributed by atoms with van der Waals surface area (Å²) in [6.07, 6.45) is 0.755. The van der Waals surface area contributed by atoms with Crippen LogP contribution in [0.5, 0.6) is 5.75 Å². The van der Waals surface area contributed by atoms with Crippen molar-refractivity contribution in [1.82, 2.24) is 0 Å². The molecule has 1 aromatic rings. The van der Waals surface area contributed by atoms with Gasteiger partial charge in [0.1, 0.15) is 6.07 Å². The fourth-order valence-electron chi connectivity index (χ4n) is 1.09. The molecule has 0 radical (unpaired) electrons. The molecule has 0 aromatic heterocycles. The summed E-state index contributed by atoms with van der Waals surface area (Å²) in [6, 6.07) is 4.94. The maximum atomic E-state index is 13.2. The SMILES string of the molecule is CCc1cc(C#N)c(F)c(OC)c1. The Morgan fingerprint density at radius 3 is 2.69 bits per heavy atom. The van der Waals surface area contributed by atoms with Gasteiger partial charge in [-0.25, -0.2) is 4.39 Å². The second-order valence-corrected chi connectivity index (χ2v) is 2.62. The zero-order valence-corrected chi connectivity index (χ0v) is 7.60. The minimum Gasteiger partial charge on any atom is -0.494 e. The van der Waals surface area contributed by atoms with E-state index in [1.807, 2.05) is 6.92 Å². The first-order valence-corrected chi connectivity index (χ1v) is 3.99. The normalized spacial score (nSPS) is 9.38. The van der Waals surface area contributed by atoms with Gasteiger partial charge in [0, 0.05) is 0 Å². The number of halogens is 1. The van der Waals surface area contributed by atoms with E-state index in [9.17, 15) is 4.39 Å². The highest BCUT2D eigenvalue weighted by Gasteiger charge is 2.09. The van der Waals surface area contributed by atoms with Crippen LogP contribution in [0, 0.1) is 17.1 Å². The van der Waals surface area contributed by atoms with E-state index in [-0.39, 0.29) is 11.3 Å². The summed E-state index contributed by atoms with van der Waals surface area (Å²) in [5.74, 6) is -0.446. The Balaban J connectivity index is 3.31. The van der Waals surface area contributed by atoms with Crippen LogP contribution in [0.15, 0.2) is 12.1 Å². The van der Waals surface area contributed by atoms with Gasteiger partial charge < -0.3 is 4.74 Å². The van der Waals surface area contributed by atoms with Gasteiger partial charge in [-0.05, 0) is 24.1 Å². The predicted molar refractivity (Wildman–Crippen MR) is 47.0 cm³/mol. The second kappa shape index (κ2) is 3.90. The first-order valence-electron chi connectivity index (χ1n) is 3.99. The minimum absolute atomic E-state index is 0.0381. The standard InChI is InChI=1S/C10H10FNO/c1-3-7-4-8(6-12)10(11)9(5-7)13-2/h4-5H,3H2,1-2H3. The van der Waals surface area contributed by atoms with Gasteiger partial charge in [-0.2, -0.15) is 5.26 Å². The van der Waals surface area contributed by atoms with Crippen LogP contribution in [0.25, 0.3) is 0 Å². The average molecular weight is 179 g/mol. The van der Waals surface area contributed by atoms with Crippen molar-refractivity contribution in [1.29, 1.82) is 5.26 Å². The molecule has 0 N–H and O–H groups in total. The van der Waals surface area contributed by atoms with E-state index in [0.29, 0.717) is 0 Å². The van der Waals surface area contributed by atoms with E-state index >= 15 is 0 Å². The topological polar surface area (TPSA) is 33.0 Å². The lowest BCUT2D eigenvalue weighted by molar-refractivity contribution is 0.385. The maximum Gasteiger partial charge on any atom is 0.182 e. The highest BCUT2D eigenvalue weighted by atomic mass is 19.1. The van der Waals surface area contributed by atoms with E-state index in [4.69, 9.17) is 10.00 Å². The van der Waals surface area contributed by atoms with Gasteiger partial charge in [-0.1, -0.05) is 6.92 Å². The molecule has 0 unspecified atom stereocenters. The molecule has 1 aromatic carbocycles. The van der Waals surface area contributed by atoms with Crippen LogP contribution in [0.3, 0.4) is 0 Å². The maximum absolute atomic E-state index is 13.2. The first kappa shape index (κ1) is 9.53. The lowest BCUT2D eigenvalue weighted by Gasteiger charge is -2.05. The molecule has 0 bridgehead atoms. The Kier molecular flexibility index (Phi) is 2.86. The van der Waals surface area contributed by atoms with Crippen molar-refractivity contribution in [2.24, 2.45) is 0 Å². The Labute approximate surface area is 76.6 Å². The molecule has 13 heavy (non-hydrogen) atoms. The molecule has 2 nitrogen and oxygen atoms in total. The van der Waals surface area contributed by atoms with Crippen LogP contribution in [-0.2, 0) is 6.42 Å². The molecular weight excluding hydrogens is 169 g/mol. The van der Waals surface area contributed by atoms with Crippen LogP contribution in [0.4, 0.5) is 4.39 Å². The summed E-state index contributed by atoms with van der Waals surface area (Å²) in [5, 5.41) is 8.61. The molecule has 68 valence electrons. The van der Waals surface area contributed by atoms with Gasteiger partial charge in [-0.3, -0.25) is 0 Å². The summed E-state index contributed by atoms with van der Waals surface area (Å²) in [5.41, 5.74) is 0.936. The Morgan fingerprint density at radius 2 is 2.23 bits per heavy atom. The number of benzene rings is 1. The quantitative estimate of drug-likeness (QED) is 0.697. The van der Waals surface area contributed by atoms with Crippen molar-refractivity contribution in [3.8, 4) is 11.8 Å². The highest BCUT2D eigenvalue weighted by molar-refractivity contribution is 5.42. The first-order chi connectivity index (χ1) is 6.22. The largest absolute Gasteiger partial charge is 0.494 e. The van der Waals surface area contributed by atoms with Crippen molar-refractivity contribution in [2.75, 3.05) is 7.11 Å². The smallest absolute Gasteiger partial charge is 0.182 e. The number of aryl methyl sites for hydroxylation is 1. The van der Waals surface area contributed by atoms with E-state index in [2.05, 4.69) is 0 Å². The lowest BCUT2D eigenvalue weighted by atomic mass is 10.1. The summed E-state index contributed by atoms with van der Waals surface area (Å²) < 4.78 is 18.0. The fraction of sp³-hybridized carbons (Fsp3) is 0.300. The van der Waals surface area contributed by atoms with Crippen LogP contribution < -0.4 is 4.74 Å². The fourth-order valence-corrected chi connectivity index (χ4v) is 1.09. The Morgan fingerprint density at radius 1 is 1.54 bits per heavy atom. The van der Waals surface area contributed by atoms with Gasteiger partial charge in [0.05, 0.1) is 12.7 Å². The second-order valence-electron chi connectivity index (χ2n) is 2.62. The van der Waals surface area contributed by atoms with Crippen molar-refractivity contribution >= 4 is 0 Å². The molecule has 0 fully saturated rings. The molecule has 0 saturated heterocycles. The van der Waals surface area contributed by atoms with Gasteiger partial charge in [0.25, 0.3) is 0 Å². The zero-order valence-electron chi connectivity index (χ0n) is 7.60. The van der Waals surface area contributed by atoms with Gasteiger partial charge in [-0.15, -0.1) is 0 Å². The molecular formula is C10H10FNO. The van der Waals surface area contributed by atoms with E-state index in [0.717, 1.165) is 12.0 Å². The molecule has 0 amide bonds. The summed E-state index contributed by atoms with van der Waals surface area (Å²) in [7, 11) is 1.39. The van der Waals surface area contributed by atoms with Crippen molar-refractivity contribution in [2.45, 2.75) is 13.3 Å². The van der Waals surface area contributed by atoms with E-state index < -0.39 is 5.82 Å². The third-order valence-corrected chi connectivity index (χ3v) is 1.85. The van der Waals surface area contributed by atoms with Crippen LogP contribution >= 0.6 is 0 Å². The molecule has 3 heteroatoms. The van der Waals surface area contributed by atoms with E-state index in [1.54, 1.807) is 12.1 Å². The molecule has 0 heterocycles. The molecule has 0 saturated carbocycles. The van der Waals surface area contributed by atoms with Crippen molar-refractivity contribution in [3.63, 3.8) is 0 Å². The average Bonchev–Trinajstić information content (AvgIpc) is 2.18. The number of nitriles is 1. The minimum atomic E-state index is -0.581. The number of hydrogen-bond acceptors (Lipinski definition) is 2. The van der Waals surface area contributed by atoms with Crippen LogP contribution in [0.2, 0.25) is 0 Å². The molecule has 0 aliphatic carbocycles. The Bertz CT molecular complexity index is 355. The zero-order chi connectivity index (χ0) is 9.84. The predicted octanol–water partition coefficient (Wildman–Crippen LogP) is 2.27.